The second-order valence-electron chi connectivity index (χ2n) is 3.79. The highest BCUT2D eigenvalue weighted by Crippen LogP contribution is 2.10. The van der Waals surface area contributed by atoms with Gasteiger partial charge in [-0.05, 0) is 12.5 Å². The van der Waals surface area contributed by atoms with Gasteiger partial charge in [0.25, 0.3) is 0 Å². The number of ether oxygens (including phenoxy) is 1. The van der Waals surface area contributed by atoms with Crippen LogP contribution in [-0.4, -0.2) is 35.6 Å². The number of carbonyl (C=O) groups is 2. The van der Waals surface area contributed by atoms with E-state index in [-0.39, 0.29) is 12.5 Å². The number of aliphatic carboxylic acids is 1. The molecule has 6 heteroatoms. The Morgan fingerprint density at radius 3 is 3.00 bits per heavy atom. The Balaban J connectivity index is 2.63. The first-order chi connectivity index (χ1) is 8.65. The van der Waals surface area contributed by atoms with Crippen LogP contribution in [0.25, 0.3) is 0 Å². The summed E-state index contributed by atoms with van der Waals surface area (Å²) in [6.45, 7) is 0. The average molecular weight is 252 g/mol. The molecule has 1 heterocycles. The minimum Gasteiger partial charge on any atom is -0.481 e. The molecule has 6 nitrogen and oxygen atoms in total. The number of nitrogens with zero attached hydrogens (tertiary/aromatic N) is 1. The molecular formula is C12H16N2O4. The Morgan fingerprint density at radius 2 is 2.39 bits per heavy atom. The van der Waals surface area contributed by atoms with Gasteiger partial charge in [-0.2, -0.15) is 0 Å². The number of rotatable bonds is 8. The number of carbonyl (C=O) groups excluding carboxylic acids is 1. The van der Waals surface area contributed by atoms with E-state index < -0.39 is 5.97 Å². The zero-order valence-corrected chi connectivity index (χ0v) is 10.1. The minimum atomic E-state index is -0.883. The maximum Gasteiger partial charge on any atom is 0.303 e. The van der Waals surface area contributed by atoms with Crippen LogP contribution in [0.2, 0.25) is 0 Å². The highest BCUT2D eigenvalue weighted by Gasteiger charge is 2.12. The first-order valence-corrected chi connectivity index (χ1v) is 5.57. The molecule has 0 aliphatic heterocycles. The topological polar surface area (TPSA) is 88.5 Å². The van der Waals surface area contributed by atoms with Crippen molar-refractivity contribution in [2.45, 2.75) is 25.3 Å². The molecule has 18 heavy (non-hydrogen) atoms. The number of nitrogens with one attached hydrogen (secondary N) is 1. The highest BCUT2D eigenvalue weighted by molar-refractivity contribution is 5.66. The quantitative estimate of drug-likeness (QED) is 0.662. The molecule has 0 fully saturated rings. The predicted molar refractivity (Wildman–Crippen MR) is 64.4 cm³/mol. The highest BCUT2D eigenvalue weighted by atomic mass is 16.5. The molecule has 1 atom stereocenters. The van der Waals surface area contributed by atoms with Crippen LogP contribution < -0.4 is 10.1 Å². The molecule has 0 aliphatic rings. The molecule has 1 amide bonds. The van der Waals surface area contributed by atoms with Crippen LogP contribution in [0.15, 0.2) is 18.2 Å². The third kappa shape index (κ3) is 4.82. The summed E-state index contributed by atoms with van der Waals surface area (Å²) in [5, 5.41) is 11.2. The van der Waals surface area contributed by atoms with E-state index in [4.69, 9.17) is 9.84 Å². The smallest absolute Gasteiger partial charge is 0.303 e. The Bertz CT molecular complexity index is 409. The molecule has 1 unspecified atom stereocenters. The molecule has 1 rings (SSSR count). The van der Waals surface area contributed by atoms with Gasteiger partial charge in [0.05, 0.1) is 7.11 Å². The van der Waals surface area contributed by atoms with Crippen molar-refractivity contribution in [3.05, 3.63) is 23.9 Å². The number of aromatic nitrogens is 1. The van der Waals surface area contributed by atoms with Crippen molar-refractivity contribution in [3.63, 3.8) is 0 Å². The Kier molecular flexibility index (Phi) is 5.63. The minimum absolute atomic E-state index is 0.00940. The van der Waals surface area contributed by atoms with Crippen molar-refractivity contribution in [2.75, 3.05) is 7.11 Å². The second-order valence-corrected chi connectivity index (χ2v) is 3.79. The van der Waals surface area contributed by atoms with Gasteiger partial charge in [-0.25, -0.2) is 4.98 Å². The standard InChI is InChI=1S/C12H16N2O4/c1-18-11-4-2-3-10(14-11)7-9(13-8-15)5-6-12(16)17/h2-4,8-9H,5-7H2,1H3,(H,13,15)(H,16,17). The molecule has 1 aromatic rings. The molecular weight excluding hydrogens is 236 g/mol. The maximum atomic E-state index is 10.5. The number of amides is 1. The second kappa shape index (κ2) is 7.26. The maximum absolute atomic E-state index is 10.5. The van der Waals surface area contributed by atoms with Gasteiger partial charge in [-0.15, -0.1) is 0 Å². The molecule has 2 N–H and O–H groups in total. The summed E-state index contributed by atoms with van der Waals surface area (Å²) >= 11 is 0. The third-order valence-corrected chi connectivity index (χ3v) is 2.46. The zero-order valence-electron chi connectivity index (χ0n) is 10.1. The van der Waals surface area contributed by atoms with Crippen molar-refractivity contribution in [1.29, 1.82) is 0 Å². The summed E-state index contributed by atoms with van der Waals surface area (Å²) in [7, 11) is 1.53. The van der Waals surface area contributed by atoms with Crippen molar-refractivity contribution in [1.82, 2.24) is 10.3 Å². The van der Waals surface area contributed by atoms with E-state index in [1.807, 2.05) is 6.07 Å². The predicted octanol–water partition coefficient (Wildman–Crippen LogP) is 0.612. The number of pyridine rings is 1. The molecule has 98 valence electrons. The summed E-state index contributed by atoms with van der Waals surface area (Å²) in [5.41, 5.74) is 0.749. The number of carboxylic acids is 1. The molecule has 0 spiro atoms. The van der Waals surface area contributed by atoms with Gasteiger partial charge in [0.1, 0.15) is 0 Å². The van der Waals surface area contributed by atoms with Crippen LogP contribution in [0.3, 0.4) is 0 Å². The SMILES string of the molecule is COc1cccc(CC(CCC(=O)O)NC=O)n1. The molecule has 0 saturated carbocycles. The van der Waals surface area contributed by atoms with Gasteiger partial charge in [0.2, 0.25) is 12.3 Å². The van der Waals surface area contributed by atoms with Gasteiger partial charge in [0.15, 0.2) is 0 Å². The van der Waals surface area contributed by atoms with Crippen LogP contribution in [0.4, 0.5) is 0 Å². The number of hydrogen-bond donors (Lipinski definition) is 2. The fourth-order valence-corrected chi connectivity index (χ4v) is 1.58. The molecule has 0 saturated heterocycles. The van der Waals surface area contributed by atoms with E-state index in [2.05, 4.69) is 10.3 Å². The summed E-state index contributed by atoms with van der Waals surface area (Å²) < 4.78 is 5.00. The number of methoxy groups -OCH3 is 1. The molecule has 0 aromatic carbocycles. The van der Waals surface area contributed by atoms with Crippen molar-refractivity contribution in [3.8, 4) is 5.88 Å². The lowest BCUT2D eigenvalue weighted by molar-refractivity contribution is -0.137. The largest absolute Gasteiger partial charge is 0.481 e. The van der Waals surface area contributed by atoms with E-state index in [0.717, 1.165) is 5.69 Å². The number of carboxylic acid groups (broad SMARTS) is 1. The lowest BCUT2D eigenvalue weighted by Gasteiger charge is -2.14. The summed E-state index contributed by atoms with van der Waals surface area (Å²) in [6, 6.07) is 5.10. The molecule has 0 bridgehead atoms. The third-order valence-electron chi connectivity index (χ3n) is 2.46. The van der Waals surface area contributed by atoms with Gasteiger partial charge < -0.3 is 15.2 Å². The van der Waals surface area contributed by atoms with E-state index in [9.17, 15) is 9.59 Å². The van der Waals surface area contributed by atoms with Crippen LogP contribution >= 0.6 is 0 Å². The Labute approximate surface area is 105 Å². The number of hydrogen-bond acceptors (Lipinski definition) is 4. The van der Waals surface area contributed by atoms with Gasteiger partial charge in [0, 0.05) is 30.6 Å². The Hall–Kier alpha value is -2.11. The summed E-state index contributed by atoms with van der Waals surface area (Å²) in [4.78, 5) is 25.2. The van der Waals surface area contributed by atoms with Crippen LogP contribution in [0.1, 0.15) is 18.5 Å². The molecule has 0 aliphatic carbocycles. The van der Waals surface area contributed by atoms with Crippen LogP contribution in [-0.2, 0) is 16.0 Å². The fourth-order valence-electron chi connectivity index (χ4n) is 1.58. The lowest BCUT2D eigenvalue weighted by Crippen LogP contribution is -2.30. The summed E-state index contributed by atoms with van der Waals surface area (Å²) in [5.74, 6) is -0.387. The van der Waals surface area contributed by atoms with E-state index in [0.29, 0.717) is 25.1 Å². The zero-order chi connectivity index (χ0) is 13.4. The van der Waals surface area contributed by atoms with E-state index >= 15 is 0 Å². The first-order valence-electron chi connectivity index (χ1n) is 5.57. The van der Waals surface area contributed by atoms with Crippen LogP contribution in [0, 0.1) is 0 Å². The summed E-state index contributed by atoms with van der Waals surface area (Å²) in [6.07, 6.45) is 1.43. The first kappa shape index (κ1) is 14.0. The molecule has 0 radical (unpaired) electrons. The monoisotopic (exact) mass is 252 g/mol. The van der Waals surface area contributed by atoms with Crippen molar-refractivity contribution in [2.24, 2.45) is 0 Å². The molecule has 1 aromatic heterocycles. The van der Waals surface area contributed by atoms with E-state index in [1.165, 1.54) is 7.11 Å². The van der Waals surface area contributed by atoms with Gasteiger partial charge in [-0.1, -0.05) is 6.07 Å². The lowest BCUT2D eigenvalue weighted by atomic mass is 10.1. The fraction of sp³-hybridized carbons (Fsp3) is 0.417. The van der Waals surface area contributed by atoms with E-state index in [1.54, 1.807) is 12.1 Å². The van der Waals surface area contributed by atoms with Crippen LogP contribution in [0.5, 0.6) is 5.88 Å². The van der Waals surface area contributed by atoms with Crippen molar-refractivity contribution < 1.29 is 19.4 Å². The Morgan fingerprint density at radius 1 is 1.61 bits per heavy atom. The average Bonchev–Trinajstić information content (AvgIpc) is 2.36. The normalized spacial score (nSPS) is 11.6. The van der Waals surface area contributed by atoms with Gasteiger partial charge in [-0.3, -0.25) is 9.59 Å². The van der Waals surface area contributed by atoms with Crippen molar-refractivity contribution >= 4 is 12.4 Å². The van der Waals surface area contributed by atoms with Gasteiger partial charge >= 0.3 is 5.97 Å².